The summed E-state index contributed by atoms with van der Waals surface area (Å²) in [7, 11) is 0. The summed E-state index contributed by atoms with van der Waals surface area (Å²) < 4.78 is 12.8. The molecule has 6 aliphatic rings. The Bertz CT molecular complexity index is 990. The van der Waals surface area contributed by atoms with Gasteiger partial charge in [0.05, 0.1) is 0 Å². The molecule has 0 spiro atoms. The molecule has 1 aromatic carbocycles. The molecule has 5 unspecified atom stereocenters. The minimum absolute atomic E-state index is 0.604. The Balaban J connectivity index is 0.000000319. The molecular formula is C30H40O2. The van der Waals surface area contributed by atoms with Crippen molar-refractivity contribution in [2.75, 3.05) is 0 Å². The van der Waals surface area contributed by atoms with E-state index in [1.165, 1.54) is 40.9 Å². The summed E-state index contributed by atoms with van der Waals surface area (Å²) in [4.78, 5) is 0. The van der Waals surface area contributed by atoms with Crippen LogP contribution in [0.1, 0.15) is 72.4 Å². The molecule has 0 amide bonds. The quantitative estimate of drug-likeness (QED) is 0.411. The van der Waals surface area contributed by atoms with Gasteiger partial charge in [0.25, 0.3) is 0 Å². The molecule has 1 aromatic rings. The SMILES string of the molecule is CC.CC.CC1C2C=CC3=C(Oc4ccc5c(c4C3)OC3=CC4CC4C=C3C5)C12.CCC. The second kappa shape index (κ2) is 9.33. The van der Waals surface area contributed by atoms with Crippen LogP contribution in [0, 0.1) is 29.6 Å². The lowest BCUT2D eigenvalue weighted by molar-refractivity contribution is 0.351. The van der Waals surface area contributed by atoms with Gasteiger partial charge in [-0.2, -0.15) is 0 Å². The predicted molar refractivity (Wildman–Crippen MR) is 134 cm³/mol. The number of fused-ring (bicyclic) bond motifs is 7. The molecule has 2 heteroatoms. The topological polar surface area (TPSA) is 18.5 Å². The van der Waals surface area contributed by atoms with Crippen LogP contribution < -0.4 is 9.47 Å². The van der Waals surface area contributed by atoms with Gasteiger partial charge in [0, 0.05) is 24.3 Å². The van der Waals surface area contributed by atoms with Gasteiger partial charge in [-0.15, -0.1) is 0 Å². The largest absolute Gasteiger partial charge is 0.461 e. The Morgan fingerprint density at radius 2 is 1.66 bits per heavy atom. The van der Waals surface area contributed by atoms with Gasteiger partial charge >= 0.3 is 0 Å². The lowest BCUT2D eigenvalue weighted by Gasteiger charge is -2.31. The van der Waals surface area contributed by atoms with E-state index in [0.717, 1.165) is 47.9 Å². The fourth-order valence-electron chi connectivity index (χ4n) is 5.32. The number of hydrogen-bond donors (Lipinski definition) is 0. The molecule has 2 nitrogen and oxygen atoms in total. The van der Waals surface area contributed by atoms with Gasteiger partial charge in [-0.1, -0.05) is 79.2 Å². The lowest BCUT2D eigenvalue weighted by atomic mass is 9.89. The maximum absolute atomic E-state index is 6.44. The average molecular weight is 433 g/mol. The van der Waals surface area contributed by atoms with E-state index in [0.29, 0.717) is 11.8 Å². The maximum atomic E-state index is 6.44. The Labute approximate surface area is 195 Å². The molecule has 0 radical (unpaired) electrons. The molecule has 0 N–H and O–H groups in total. The van der Waals surface area contributed by atoms with E-state index in [9.17, 15) is 0 Å². The summed E-state index contributed by atoms with van der Waals surface area (Å²) in [6.45, 7) is 14.6. The summed E-state index contributed by atoms with van der Waals surface area (Å²) in [5.74, 6) is 7.93. The number of benzene rings is 1. The van der Waals surface area contributed by atoms with Crippen LogP contribution in [0.2, 0.25) is 0 Å². The summed E-state index contributed by atoms with van der Waals surface area (Å²) in [6, 6.07) is 4.38. The zero-order chi connectivity index (χ0) is 23.0. The summed E-state index contributed by atoms with van der Waals surface area (Å²) in [5, 5.41) is 0. The Hall–Kier alpha value is -2.22. The highest BCUT2D eigenvalue weighted by molar-refractivity contribution is 5.61. The molecular weight excluding hydrogens is 392 g/mol. The van der Waals surface area contributed by atoms with Crippen molar-refractivity contribution in [2.24, 2.45) is 29.6 Å². The smallest absolute Gasteiger partial charge is 0.138 e. The molecule has 5 atom stereocenters. The van der Waals surface area contributed by atoms with Crippen LogP contribution in [0.3, 0.4) is 0 Å². The van der Waals surface area contributed by atoms with Crippen molar-refractivity contribution in [3.05, 3.63) is 70.2 Å². The second-order valence-corrected chi connectivity index (χ2v) is 9.29. The molecule has 2 heterocycles. The van der Waals surface area contributed by atoms with E-state index >= 15 is 0 Å². The Morgan fingerprint density at radius 3 is 2.41 bits per heavy atom. The molecule has 0 bridgehead atoms. The number of ether oxygens (including phenoxy) is 2. The number of allylic oxidation sites excluding steroid dienone is 7. The Kier molecular flexibility index (Phi) is 6.70. The van der Waals surface area contributed by atoms with Crippen LogP contribution in [-0.2, 0) is 12.8 Å². The van der Waals surface area contributed by atoms with Crippen LogP contribution in [0.25, 0.3) is 0 Å². The number of rotatable bonds is 0. The highest BCUT2D eigenvalue weighted by Crippen LogP contribution is 2.58. The predicted octanol–water partition coefficient (Wildman–Crippen LogP) is 8.19. The molecule has 0 aromatic heterocycles. The van der Waals surface area contributed by atoms with Crippen molar-refractivity contribution in [1.29, 1.82) is 0 Å². The normalized spacial score (nSPS) is 30.4. The summed E-state index contributed by atoms with van der Waals surface area (Å²) in [6.07, 6.45) is 14.0. The van der Waals surface area contributed by atoms with Crippen LogP contribution in [0.5, 0.6) is 11.5 Å². The van der Waals surface area contributed by atoms with Crippen molar-refractivity contribution in [2.45, 2.75) is 74.1 Å². The molecule has 172 valence electrons. The maximum Gasteiger partial charge on any atom is 0.138 e. The van der Waals surface area contributed by atoms with Gasteiger partial charge in [-0.25, -0.2) is 0 Å². The molecule has 0 saturated heterocycles. The van der Waals surface area contributed by atoms with Gasteiger partial charge in [0.1, 0.15) is 23.0 Å². The fourth-order valence-corrected chi connectivity index (χ4v) is 5.32. The highest BCUT2D eigenvalue weighted by Gasteiger charge is 2.52. The van der Waals surface area contributed by atoms with E-state index in [-0.39, 0.29) is 0 Å². The first-order valence-electron chi connectivity index (χ1n) is 13.0. The molecule has 32 heavy (non-hydrogen) atoms. The molecule has 2 saturated carbocycles. The number of hydrogen-bond acceptors (Lipinski definition) is 2. The van der Waals surface area contributed by atoms with Gasteiger partial charge in [0.2, 0.25) is 0 Å². The zero-order valence-electron chi connectivity index (χ0n) is 21.0. The second-order valence-electron chi connectivity index (χ2n) is 9.29. The van der Waals surface area contributed by atoms with E-state index in [2.05, 4.69) is 57.2 Å². The van der Waals surface area contributed by atoms with E-state index in [1.54, 1.807) is 0 Å². The minimum atomic E-state index is 0.604. The standard InChI is InChI=1S/C23H20O2.C3H8.2C2H6/c1-11-17-4-2-13-9-18-19(24-23(13)21(11)17)5-3-12-6-16-8-14-7-15(14)10-20(16)25-22(12)18;1-3-2;2*1-2/h2-5,8,10-11,14-15,17,21H,6-7,9H2,1H3;3H2,1-2H3;2*1-2H3. The van der Waals surface area contributed by atoms with Crippen LogP contribution in [0.4, 0.5) is 0 Å². The summed E-state index contributed by atoms with van der Waals surface area (Å²) >= 11 is 0. The van der Waals surface area contributed by atoms with Crippen LogP contribution in [0.15, 0.2) is 59.1 Å². The first-order valence-corrected chi connectivity index (χ1v) is 13.0. The summed E-state index contributed by atoms with van der Waals surface area (Å²) in [5.41, 5.74) is 5.29. The van der Waals surface area contributed by atoms with Crippen molar-refractivity contribution in [3.8, 4) is 11.5 Å². The van der Waals surface area contributed by atoms with E-state index in [1.807, 2.05) is 27.7 Å². The third-order valence-electron chi connectivity index (χ3n) is 7.05. The van der Waals surface area contributed by atoms with Crippen molar-refractivity contribution >= 4 is 0 Å². The Morgan fingerprint density at radius 1 is 0.938 bits per heavy atom. The third kappa shape index (κ3) is 3.87. The molecule has 2 aliphatic heterocycles. The van der Waals surface area contributed by atoms with Crippen LogP contribution >= 0.6 is 0 Å². The molecule has 7 rings (SSSR count). The average Bonchev–Trinajstić information content (AvgIpc) is 3.74. The zero-order valence-corrected chi connectivity index (χ0v) is 21.0. The van der Waals surface area contributed by atoms with Gasteiger partial charge in [-0.3, -0.25) is 0 Å². The fraction of sp³-hybridized carbons (Fsp3) is 0.533. The molecule has 2 fully saturated rings. The van der Waals surface area contributed by atoms with Gasteiger partial charge in [0.15, 0.2) is 0 Å². The van der Waals surface area contributed by atoms with Gasteiger partial charge < -0.3 is 9.47 Å². The first-order chi connectivity index (χ1) is 15.7. The van der Waals surface area contributed by atoms with Crippen LogP contribution in [-0.4, -0.2) is 0 Å². The lowest BCUT2D eigenvalue weighted by Crippen LogP contribution is -2.19. The van der Waals surface area contributed by atoms with E-state index < -0.39 is 0 Å². The van der Waals surface area contributed by atoms with Crippen molar-refractivity contribution < 1.29 is 9.47 Å². The minimum Gasteiger partial charge on any atom is -0.461 e. The molecule has 4 aliphatic carbocycles. The van der Waals surface area contributed by atoms with Gasteiger partial charge in [-0.05, 0) is 58.9 Å². The first kappa shape index (κ1) is 23.0. The van der Waals surface area contributed by atoms with Crippen molar-refractivity contribution in [1.82, 2.24) is 0 Å². The van der Waals surface area contributed by atoms with E-state index in [4.69, 9.17) is 9.47 Å². The van der Waals surface area contributed by atoms with Crippen molar-refractivity contribution in [3.63, 3.8) is 0 Å². The highest BCUT2D eigenvalue weighted by atomic mass is 16.5. The third-order valence-corrected chi connectivity index (χ3v) is 7.05. The monoisotopic (exact) mass is 432 g/mol.